The smallest absolute Gasteiger partial charge is 0.132 e. The highest BCUT2D eigenvalue weighted by molar-refractivity contribution is 5.60. The van der Waals surface area contributed by atoms with Crippen LogP contribution in [0.1, 0.15) is 62.8 Å². The third-order valence-electron chi connectivity index (χ3n) is 8.12. The van der Waals surface area contributed by atoms with E-state index in [9.17, 15) is 10.5 Å². The molecule has 0 spiro atoms. The van der Waals surface area contributed by atoms with E-state index < -0.39 is 11.1 Å². The van der Waals surface area contributed by atoms with Crippen LogP contribution in [0.15, 0.2) is 60.7 Å². The van der Waals surface area contributed by atoms with Crippen molar-refractivity contribution < 1.29 is 0 Å². The zero-order valence-corrected chi connectivity index (χ0v) is 17.5. The quantitative estimate of drug-likeness (QED) is 0.609. The van der Waals surface area contributed by atoms with Crippen LogP contribution in [0.5, 0.6) is 0 Å². The van der Waals surface area contributed by atoms with Crippen molar-refractivity contribution in [2.75, 3.05) is 4.90 Å². The first-order chi connectivity index (χ1) is 14.8. The second-order valence-corrected chi connectivity index (χ2v) is 9.38. The Labute approximate surface area is 179 Å². The lowest BCUT2D eigenvalue weighted by Gasteiger charge is -2.65. The van der Waals surface area contributed by atoms with E-state index in [1.165, 1.54) is 18.4 Å². The number of para-hydroxylation sites is 1. The summed E-state index contributed by atoms with van der Waals surface area (Å²) in [5.74, 6) is 0.776. The minimum Gasteiger partial charge on any atom is -0.334 e. The van der Waals surface area contributed by atoms with Crippen LogP contribution in [0.3, 0.4) is 0 Å². The van der Waals surface area contributed by atoms with Gasteiger partial charge in [0.05, 0.1) is 12.1 Å². The first-order valence-corrected chi connectivity index (χ1v) is 11.5. The number of hydrogen-bond donors (Lipinski definition) is 0. The van der Waals surface area contributed by atoms with E-state index in [1.807, 2.05) is 18.2 Å². The van der Waals surface area contributed by atoms with Crippen molar-refractivity contribution in [3.05, 3.63) is 66.2 Å². The number of nitrogens with zero attached hydrogens (tertiary/aromatic N) is 3. The molecule has 2 aromatic carbocycles. The molecule has 3 fully saturated rings. The topological polar surface area (TPSA) is 50.8 Å². The maximum absolute atomic E-state index is 10.8. The average Bonchev–Trinajstić information content (AvgIpc) is 2.83. The summed E-state index contributed by atoms with van der Waals surface area (Å²) in [6, 6.07) is 26.8. The molecule has 1 saturated heterocycles. The Balaban J connectivity index is 1.78. The molecule has 3 nitrogen and oxygen atoms in total. The van der Waals surface area contributed by atoms with Crippen LogP contribution < -0.4 is 4.90 Å². The normalized spacial score (nSPS) is 35.4. The molecule has 30 heavy (non-hydrogen) atoms. The molecule has 0 unspecified atom stereocenters. The van der Waals surface area contributed by atoms with Crippen molar-refractivity contribution in [2.45, 2.75) is 68.4 Å². The predicted octanol–water partition coefficient (Wildman–Crippen LogP) is 6.20. The van der Waals surface area contributed by atoms with Crippen molar-refractivity contribution in [3.8, 4) is 12.1 Å². The molecule has 3 heteroatoms. The van der Waals surface area contributed by atoms with Gasteiger partial charge in [-0.2, -0.15) is 10.5 Å². The SMILES string of the molecule is N#C[C@]12CCCC[C@@H]1C(c1ccccc1)[C@H]1CCCC[C@]1(C#N)N2c1ccccc1. The van der Waals surface area contributed by atoms with Gasteiger partial charge in [-0.15, -0.1) is 0 Å². The summed E-state index contributed by atoms with van der Waals surface area (Å²) in [4.78, 5) is 2.33. The van der Waals surface area contributed by atoms with Crippen LogP contribution in [-0.2, 0) is 0 Å². The summed E-state index contributed by atoms with van der Waals surface area (Å²) in [7, 11) is 0. The van der Waals surface area contributed by atoms with Crippen molar-refractivity contribution in [2.24, 2.45) is 11.8 Å². The fourth-order valence-electron chi connectivity index (χ4n) is 7.07. The monoisotopic (exact) mass is 395 g/mol. The third kappa shape index (κ3) is 2.61. The van der Waals surface area contributed by atoms with Gasteiger partial charge in [-0.3, -0.25) is 0 Å². The maximum Gasteiger partial charge on any atom is 0.132 e. The Bertz CT molecular complexity index is 931. The van der Waals surface area contributed by atoms with E-state index in [0.717, 1.165) is 44.2 Å². The molecule has 0 radical (unpaired) electrons. The van der Waals surface area contributed by atoms with Crippen molar-refractivity contribution >= 4 is 5.69 Å². The Morgan fingerprint density at radius 2 is 1.20 bits per heavy atom. The number of rotatable bonds is 2. The van der Waals surface area contributed by atoms with Gasteiger partial charge in [0.2, 0.25) is 0 Å². The Morgan fingerprint density at radius 1 is 0.700 bits per heavy atom. The van der Waals surface area contributed by atoms with Gasteiger partial charge in [0.15, 0.2) is 0 Å². The highest BCUT2D eigenvalue weighted by Gasteiger charge is 2.65. The van der Waals surface area contributed by atoms with Crippen LogP contribution in [0.25, 0.3) is 0 Å². The second kappa shape index (κ2) is 7.48. The number of anilines is 1. The summed E-state index contributed by atoms with van der Waals surface area (Å²) in [5.41, 5.74) is 1.13. The van der Waals surface area contributed by atoms with E-state index in [-0.39, 0.29) is 17.8 Å². The Morgan fingerprint density at radius 3 is 1.70 bits per heavy atom. The number of nitriles is 2. The largest absolute Gasteiger partial charge is 0.334 e. The molecule has 5 rings (SSSR count). The lowest BCUT2D eigenvalue weighted by molar-refractivity contribution is 0.0360. The van der Waals surface area contributed by atoms with E-state index in [0.29, 0.717) is 0 Å². The Hall–Kier alpha value is -2.78. The minimum absolute atomic E-state index is 0.253. The number of benzene rings is 2. The molecule has 2 aromatic rings. The maximum atomic E-state index is 10.8. The van der Waals surface area contributed by atoms with E-state index in [4.69, 9.17) is 0 Å². The van der Waals surface area contributed by atoms with Crippen molar-refractivity contribution in [3.63, 3.8) is 0 Å². The van der Waals surface area contributed by atoms with E-state index in [1.54, 1.807) is 0 Å². The highest BCUT2D eigenvalue weighted by Crippen LogP contribution is 2.62. The fraction of sp³-hybridized carbons (Fsp3) is 0.481. The molecule has 0 bridgehead atoms. The lowest BCUT2D eigenvalue weighted by atomic mass is 9.51. The molecule has 152 valence electrons. The zero-order chi connectivity index (χ0) is 20.6. The van der Waals surface area contributed by atoms with Crippen LogP contribution >= 0.6 is 0 Å². The van der Waals surface area contributed by atoms with Gasteiger partial charge in [-0.25, -0.2) is 0 Å². The van der Waals surface area contributed by atoms with E-state index in [2.05, 4.69) is 59.5 Å². The summed E-state index contributed by atoms with van der Waals surface area (Å²) < 4.78 is 0. The first-order valence-electron chi connectivity index (χ1n) is 11.5. The van der Waals surface area contributed by atoms with Gasteiger partial charge >= 0.3 is 0 Å². The number of fused-ring (bicyclic) bond motifs is 2. The number of hydrogen-bond acceptors (Lipinski definition) is 3. The molecular formula is C27H29N3. The molecule has 1 aliphatic heterocycles. The predicted molar refractivity (Wildman–Crippen MR) is 119 cm³/mol. The summed E-state index contributed by atoms with van der Waals surface area (Å²) in [5, 5.41) is 21.5. The van der Waals surface area contributed by atoms with Gasteiger partial charge in [0.1, 0.15) is 11.1 Å². The van der Waals surface area contributed by atoms with Crippen LogP contribution in [0.4, 0.5) is 5.69 Å². The molecule has 4 atom stereocenters. The molecule has 0 aromatic heterocycles. The highest BCUT2D eigenvalue weighted by atomic mass is 15.3. The summed E-state index contributed by atoms with van der Waals surface area (Å²) in [6.45, 7) is 0. The standard InChI is InChI=1S/C27H29N3/c28-19-26-17-9-7-15-23(26)25(21-11-3-1-4-12-21)24-16-8-10-18-27(24,20-29)30(26)22-13-5-2-6-14-22/h1-6,11-14,23-25H,7-10,15-18H2/t23-,24-,26-,27-/m1/s1. The lowest BCUT2D eigenvalue weighted by Crippen LogP contribution is -2.73. The molecule has 2 saturated carbocycles. The van der Waals surface area contributed by atoms with Gasteiger partial charge in [0, 0.05) is 17.5 Å². The molecule has 1 heterocycles. The Kier molecular flexibility index (Phi) is 4.79. The van der Waals surface area contributed by atoms with Gasteiger partial charge in [-0.1, -0.05) is 74.2 Å². The fourth-order valence-corrected chi connectivity index (χ4v) is 7.07. The first kappa shape index (κ1) is 19.2. The molecule has 0 amide bonds. The van der Waals surface area contributed by atoms with Crippen LogP contribution in [0.2, 0.25) is 0 Å². The molecule has 0 N–H and O–H groups in total. The third-order valence-corrected chi connectivity index (χ3v) is 8.12. The van der Waals surface area contributed by atoms with Crippen molar-refractivity contribution in [1.82, 2.24) is 0 Å². The molecular weight excluding hydrogens is 366 g/mol. The van der Waals surface area contributed by atoms with Crippen molar-refractivity contribution in [1.29, 1.82) is 10.5 Å². The zero-order valence-electron chi connectivity index (χ0n) is 17.5. The van der Waals surface area contributed by atoms with Gasteiger partial charge in [0.25, 0.3) is 0 Å². The second-order valence-electron chi connectivity index (χ2n) is 9.38. The summed E-state index contributed by atoms with van der Waals surface area (Å²) in [6.07, 6.45) is 8.29. The van der Waals surface area contributed by atoms with E-state index >= 15 is 0 Å². The average molecular weight is 396 g/mol. The van der Waals surface area contributed by atoms with Crippen LogP contribution in [-0.4, -0.2) is 11.1 Å². The molecule has 3 aliphatic rings. The van der Waals surface area contributed by atoms with Gasteiger partial charge < -0.3 is 4.90 Å². The number of piperidine rings is 1. The van der Waals surface area contributed by atoms with Crippen LogP contribution in [0, 0.1) is 34.5 Å². The van der Waals surface area contributed by atoms with Gasteiger partial charge in [-0.05, 0) is 49.3 Å². The summed E-state index contributed by atoms with van der Waals surface area (Å²) >= 11 is 0. The molecule has 2 aliphatic carbocycles. The minimum atomic E-state index is -0.621.